The van der Waals surface area contributed by atoms with Crippen LogP contribution in [0.25, 0.3) is 0 Å². The summed E-state index contributed by atoms with van der Waals surface area (Å²) in [6, 6.07) is 20.8. The summed E-state index contributed by atoms with van der Waals surface area (Å²) in [6.07, 6.45) is 1.32. The van der Waals surface area contributed by atoms with Crippen molar-refractivity contribution >= 4 is 36.4 Å². The largest absolute Gasteiger partial charge is 0.460 e. The molecule has 0 fully saturated rings. The van der Waals surface area contributed by atoms with E-state index < -0.39 is 25.5 Å². The van der Waals surface area contributed by atoms with E-state index in [0.717, 1.165) is 0 Å². The minimum absolute atomic E-state index is 0.152. The normalized spacial score (nSPS) is 13.4. The van der Waals surface area contributed by atoms with Gasteiger partial charge in [-0.05, 0) is 75.7 Å². The Morgan fingerprint density at radius 1 is 0.707 bits per heavy atom. The molecule has 226 valence electrons. The second kappa shape index (κ2) is 14.4. The zero-order valence-electron chi connectivity index (χ0n) is 26.5. The van der Waals surface area contributed by atoms with E-state index in [0.29, 0.717) is 19.4 Å². The Morgan fingerprint density at radius 3 is 1.61 bits per heavy atom. The van der Waals surface area contributed by atoms with Crippen molar-refractivity contribution in [1.29, 1.82) is 0 Å². The molecule has 0 spiro atoms. The minimum atomic E-state index is -2.80. The molecule has 2 aromatic rings. The van der Waals surface area contributed by atoms with Gasteiger partial charge in [-0.2, -0.15) is 0 Å². The number of Topliss-reactive ketones (excluding diaryl/α,β-unsaturated/α-hetero) is 1. The molecule has 2 rings (SSSR count). The predicted molar refractivity (Wildman–Crippen MR) is 167 cm³/mol. The lowest BCUT2D eigenvalue weighted by Crippen LogP contribution is -2.66. The van der Waals surface area contributed by atoms with Crippen LogP contribution < -0.4 is 10.4 Å². The number of benzene rings is 2. The lowest BCUT2D eigenvalue weighted by molar-refractivity contribution is -0.157. The van der Waals surface area contributed by atoms with Gasteiger partial charge in [-0.15, -0.1) is 0 Å². The maximum absolute atomic E-state index is 12.9. The second-order valence-electron chi connectivity index (χ2n) is 13.8. The summed E-state index contributed by atoms with van der Waals surface area (Å²) in [7, 11) is -2.80. The Labute approximate surface area is 248 Å². The predicted octanol–water partition coefficient (Wildman–Crippen LogP) is 6.38. The molecule has 2 aromatic carbocycles. The van der Waals surface area contributed by atoms with Crippen LogP contribution in [0.5, 0.6) is 0 Å². The van der Waals surface area contributed by atoms with Crippen molar-refractivity contribution in [2.24, 2.45) is 5.92 Å². The Balaban J connectivity index is 2.28. The van der Waals surface area contributed by atoms with E-state index in [-0.39, 0.29) is 42.0 Å². The van der Waals surface area contributed by atoms with Crippen molar-refractivity contribution in [3.8, 4) is 0 Å². The molecule has 0 aliphatic carbocycles. The molecule has 0 aliphatic heterocycles. The van der Waals surface area contributed by atoms with Gasteiger partial charge in [-0.25, -0.2) is 0 Å². The van der Waals surface area contributed by atoms with Crippen LogP contribution in [0.2, 0.25) is 5.04 Å². The van der Waals surface area contributed by atoms with Gasteiger partial charge in [-0.3, -0.25) is 14.4 Å². The molecular weight excluding hydrogens is 532 g/mol. The molecule has 0 radical (unpaired) electrons. The van der Waals surface area contributed by atoms with Crippen LogP contribution >= 0.6 is 0 Å². The van der Waals surface area contributed by atoms with Crippen LogP contribution in [0, 0.1) is 5.92 Å². The third-order valence-corrected chi connectivity index (χ3v) is 11.7. The first-order chi connectivity index (χ1) is 18.9. The first-order valence-corrected chi connectivity index (χ1v) is 16.5. The van der Waals surface area contributed by atoms with Gasteiger partial charge in [-0.1, -0.05) is 81.4 Å². The highest BCUT2D eigenvalue weighted by Crippen LogP contribution is 2.37. The summed E-state index contributed by atoms with van der Waals surface area (Å²) in [6.45, 7) is 17.9. The molecule has 6 nitrogen and oxygen atoms in total. The van der Waals surface area contributed by atoms with Gasteiger partial charge in [0.1, 0.15) is 23.4 Å². The summed E-state index contributed by atoms with van der Waals surface area (Å²) in [5.74, 6) is -1.11. The summed E-state index contributed by atoms with van der Waals surface area (Å²) in [5.41, 5.74) is -1.22. The Hall–Kier alpha value is -2.77. The maximum Gasteiger partial charge on any atom is 0.313 e. The molecule has 41 heavy (non-hydrogen) atoms. The fraction of sp³-hybridized carbons (Fsp3) is 0.559. The standard InChI is InChI=1S/C34H50O6Si/c1-32(2,3)39-30(36)23-26(17-16-18-27(35)24-31(37)40-33(4,5)6)25-38-41(34(7,8)9,28-19-12-10-13-20-28)29-21-14-11-15-22-29/h10-15,19-22,26H,16-18,23-25H2,1-9H3/t26-/m1/s1. The molecule has 0 aliphatic rings. The van der Waals surface area contributed by atoms with Gasteiger partial charge in [0.25, 0.3) is 8.32 Å². The minimum Gasteiger partial charge on any atom is -0.460 e. The Morgan fingerprint density at radius 2 is 1.17 bits per heavy atom. The van der Waals surface area contributed by atoms with Crippen molar-refractivity contribution < 1.29 is 28.3 Å². The lowest BCUT2D eigenvalue weighted by Gasteiger charge is -2.43. The SMILES string of the molecule is CC(C)(C)OC(=O)CC(=O)CCC[C@@H](CO[Si](c1ccccc1)(c1ccccc1)C(C)(C)C)CC(=O)OC(C)(C)C. The Bertz CT molecular complexity index is 1080. The van der Waals surface area contributed by atoms with E-state index in [9.17, 15) is 14.4 Å². The molecule has 0 saturated heterocycles. The van der Waals surface area contributed by atoms with Gasteiger partial charge >= 0.3 is 11.9 Å². The van der Waals surface area contributed by atoms with Crippen LogP contribution in [-0.2, 0) is 28.3 Å². The Kier molecular flexibility index (Phi) is 12.1. The van der Waals surface area contributed by atoms with E-state index in [1.54, 1.807) is 20.8 Å². The van der Waals surface area contributed by atoms with Gasteiger partial charge < -0.3 is 13.9 Å². The van der Waals surface area contributed by atoms with Gasteiger partial charge in [0.15, 0.2) is 0 Å². The molecule has 0 amide bonds. The highest BCUT2D eigenvalue weighted by Gasteiger charge is 2.50. The van der Waals surface area contributed by atoms with Crippen molar-refractivity contribution in [2.45, 2.75) is 111 Å². The molecule has 7 heteroatoms. The topological polar surface area (TPSA) is 78.9 Å². The van der Waals surface area contributed by atoms with E-state index in [2.05, 4.69) is 45.0 Å². The van der Waals surface area contributed by atoms with Gasteiger partial charge in [0, 0.05) is 13.0 Å². The van der Waals surface area contributed by atoms with Gasteiger partial charge in [0.05, 0.1) is 6.42 Å². The highest BCUT2D eigenvalue weighted by molar-refractivity contribution is 6.99. The molecule has 0 aromatic heterocycles. The third-order valence-electron chi connectivity index (χ3n) is 6.66. The summed E-state index contributed by atoms with van der Waals surface area (Å²) in [5, 5.41) is 2.14. The van der Waals surface area contributed by atoms with E-state index in [1.165, 1.54) is 10.4 Å². The lowest BCUT2D eigenvalue weighted by atomic mass is 9.98. The molecule has 0 heterocycles. The van der Waals surface area contributed by atoms with Crippen molar-refractivity contribution in [3.05, 3.63) is 60.7 Å². The summed E-state index contributed by atoms with van der Waals surface area (Å²) >= 11 is 0. The van der Waals surface area contributed by atoms with Gasteiger partial charge in [0.2, 0.25) is 0 Å². The molecule has 0 bridgehead atoms. The average molecular weight is 583 g/mol. The number of carbonyl (C=O) groups is 3. The summed E-state index contributed by atoms with van der Waals surface area (Å²) < 4.78 is 18.1. The summed E-state index contributed by atoms with van der Waals surface area (Å²) in [4.78, 5) is 37.5. The van der Waals surface area contributed by atoms with Crippen LogP contribution in [0.3, 0.4) is 0 Å². The smallest absolute Gasteiger partial charge is 0.313 e. The zero-order chi connectivity index (χ0) is 30.9. The van der Waals surface area contributed by atoms with Crippen LogP contribution in [0.15, 0.2) is 60.7 Å². The first-order valence-electron chi connectivity index (χ1n) is 14.6. The first kappa shape index (κ1) is 34.4. The molecular formula is C34H50O6Si. The number of esters is 2. The van der Waals surface area contributed by atoms with Crippen LogP contribution in [-0.4, -0.2) is 43.8 Å². The number of carbonyl (C=O) groups excluding carboxylic acids is 3. The average Bonchev–Trinajstić information content (AvgIpc) is 2.82. The number of rotatable bonds is 13. The van der Waals surface area contributed by atoms with E-state index in [1.807, 2.05) is 57.2 Å². The fourth-order valence-corrected chi connectivity index (χ4v) is 9.72. The van der Waals surface area contributed by atoms with Crippen molar-refractivity contribution in [3.63, 3.8) is 0 Å². The zero-order valence-corrected chi connectivity index (χ0v) is 27.5. The highest BCUT2D eigenvalue weighted by atomic mass is 28.4. The number of hydrogen-bond donors (Lipinski definition) is 0. The van der Waals surface area contributed by atoms with Crippen molar-refractivity contribution in [1.82, 2.24) is 0 Å². The fourth-order valence-electron chi connectivity index (χ4n) is 5.08. The van der Waals surface area contributed by atoms with E-state index >= 15 is 0 Å². The molecule has 0 N–H and O–H groups in total. The number of ether oxygens (including phenoxy) is 2. The molecule has 0 unspecified atom stereocenters. The van der Waals surface area contributed by atoms with E-state index in [4.69, 9.17) is 13.9 Å². The number of hydrogen-bond acceptors (Lipinski definition) is 6. The van der Waals surface area contributed by atoms with Crippen molar-refractivity contribution in [2.75, 3.05) is 6.61 Å². The third kappa shape index (κ3) is 11.2. The van der Waals surface area contributed by atoms with Crippen LogP contribution in [0.4, 0.5) is 0 Å². The quantitative estimate of drug-likeness (QED) is 0.155. The number of ketones is 1. The second-order valence-corrected chi connectivity index (χ2v) is 18.1. The van der Waals surface area contributed by atoms with Crippen LogP contribution in [0.1, 0.15) is 94.4 Å². The monoisotopic (exact) mass is 582 g/mol. The molecule has 0 saturated carbocycles. The maximum atomic E-state index is 12.9. The molecule has 1 atom stereocenters.